The van der Waals surface area contributed by atoms with Gasteiger partial charge in [-0.25, -0.2) is 0 Å². The summed E-state index contributed by atoms with van der Waals surface area (Å²) in [6.45, 7) is 0.848. The van der Waals surface area contributed by atoms with Crippen molar-refractivity contribution in [3.05, 3.63) is 46.5 Å². The van der Waals surface area contributed by atoms with Gasteiger partial charge >= 0.3 is 0 Å². The third kappa shape index (κ3) is 2.91. The lowest BCUT2D eigenvalue weighted by atomic mass is 9.85. The molecule has 0 spiro atoms. The number of aldehydes is 4. The van der Waals surface area contributed by atoms with E-state index >= 15 is 0 Å². The first kappa shape index (κ1) is 21.6. The molecule has 0 saturated carbocycles. The van der Waals surface area contributed by atoms with Gasteiger partial charge in [0, 0.05) is 64.7 Å². The van der Waals surface area contributed by atoms with Crippen LogP contribution in [0.15, 0.2) is 24.3 Å². The van der Waals surface area contributed by atoms with Crippen molar-refractivity contribution < 1.29 is 23.9 Å². The minimum Gasteiger partial charge on any atom is -0.398 e. The number of methoxy groups -OCH3 is 1. The van der Waals surface area contributed by atoms with E-state index in [-0.39, 0.29) is 11.4 Å². The zero-order valence-corrected chi connectivity index (χ0v) is 17.5. The van der Waals surface area contributed by atoms with Crippen LogP contribution in [0.4, 0.5) is 11.4 Å². The fraction of sp³-hybridized carbons (Fsp3) is 0.250. The van der Waals surface area contributed by atoms with Crippen LogP contribution in [0.3, 0.4) is 0 Å². The molecule has 3 aromatic carbocycles. The van der Waals surface area contributed by atoms with Gasteiger partial charge < -0.3 is 25.8 Å². The molecule has 3 aromatic rings. The molecular weight excluding hydrogens is 410 g/mol. The second kappa shape index (κ2) is 8.49. The van der Waals surface area contributed by atoms with Gasteiger partial charge in [0.15, 0.2) is 12.6 Å². The molecule has 0 saturated heterocycles. The molecular formula is C24H23N3O5. The van der Waals surface area contributed by atoms with E-state index in [4.69, 9.17) is 16.2 Å². The first-order valence-electron chi connectivity index (χ1n) is 10.2. The quantitative estimate of drug-likeness (QED) is 0.182. The second-order valence-corrected chi connectivity index (χ2v) is 7.76. The Bertz CT molecular complexity index is 1180. The SMILES string of the molecule is COCCCN1C(C=O)c2c(c(N)c3c(C=O)c4ccccc4c(C=O)c3c2N)C1C=O. The number of anilines is 2. The van der Waals surface area contributed by atoms with E-state index in [1.807, 2.05) is 0 Å². The van der Waals surface area contributed by atoms with Crippen LogP contribution < -0.4 is 11.5 Å². The Balaban J connectivity index is 2.15. The lowest BCUT2D eigenvalue weighted by molar-refractivity contribution is -0.116. The van der Waals surface area contributed by atoms with Crippen molar-refractivity contribution in [2.24, 2.45) is 0 Å². The lowest BCUT2D eigenvalue weighted by Crippen LogP contribution is -2.30. The minimum atomic E-state index is -0.811. The maximum Gasteiger partial charge on any atom is 0.151 e. The van der Waals surface area contributed by atoms with Gasteiger partial charge in [0.2, 0.25) is 0 Å². The van der Waals surface area contributed by atoms with Crippen LogP contribution in [0.5, 0.6) is 0 Å². The van der Waals surface area contributed by atoms with Crippen LogP contribution in [-0.2, 0) is 14.3 Å². The molecule has 0 aromatic heterocycles. The Labute approximate surface area is 184 Å². The normalized spacial score (nSPS) is 18.0. The number of ether oxygens (including phenoxy) is 1. The van der Waals surface area contributed by atoms with Gasteiger partial charge in [0.05, 0.1) is 12.1 Å². The van der Waals surface area contributed by atoms with Gasteiger partial charge in [0.25, 0.3) is 0 Å². The molecule has 0 radical (unpaired) electrons. The highest BCUT2D eigenvalue weighted by atomic mass is 16.5. The summed E-state index contributed by atoms with van der Waals surface area (Å²) in [5, 5.41) is 1.78. The van der Waals surface area contributed by atoms with Crippen LogP contribution in [0.2, 0.25) is 0 Å². The summed E-state index contributed by atoms with van der Waals surface area (Å²) in [6.07, 6.45) is 3.39. The molecule has 8 heteroatoms. The van der Waals surface area contributed by atoms with E-state index in [1.54, 1.807) is 36.3 Å². The summed E-state index contributed by atoms with van der Waals surface area (Å²) >= 11 is 0. The molecule has 164 valence electrons. The average Bonchev–Trinajstić information content (AvgIpc) is 3.14. The van der Waals surface area contributed by atoms with E-state index in [0.29, 0.717) is 75.9 Å². The van der Waals surface area contributed by atoms with Crippen molar-refractivity contribution in [2.45, 2.75) is 18.5 Å². The van der Waals surface area contributed by atoms with Gasteiger partial charge in [-0.2, -0.15) is 0 Å². The van der Waals surface area contributed by atoms with Crippen molar-refractivity contribution in [1.82, 2.24) is 4.90 Å². The first-order valence-corrected chi connectivity index (χ1v) is 10.2. The summed E-state index contributed by atoms with van der Waals surface area (Å²) in [6, 6.07) is 5.37. The van der Waals surface area contributed by atoms with Crippen LogP contribution in [0, 0.1) is 0 Å². The number of fused-ring (bicyclic) bond motifs is 3. The molecule has 0 aliphatic carbocycles. The van der Waals surface area contributed by atoms with Crippen molar-refractivity contribution >= 4 is 58.1 Å². The van der Waals surface area contributed by atoms with Crippen LogP contribution in [-0.4, -0.2) is 50.3 Å². The molecule has 0 bridgehead atoms. The summed E-state index contributed by atoms with van der Waals surface area (Å²) in [4.78, 5) is 50.4. The van der Waals surface area contributed by atoms with Crippen LogP contribution in [0.1, 0.15) is 50.3 Å². The fourth-order valence-corrected chi connectivity index (χ4v) is 4.96. The maximum atomic E-state index is 12.2. The van der Waals surface area contributed by atoms with Gasteiger partial charge in [-0.05, 0) is 17.2 Å². The number of benzene rings is 3. The van der Waals surface area contributed by atoms with E-state index < -0.39 is 12.1 Å². The molecule has 1 aliphatic heterocycles. The van der Waals surface area contributed by atoms with Crippen LogP contribution >= 0.6 is 0 Å². The van der Waals surface area contributed by atoms with E-state index in [0.717, 1.165) is 12.6 Å². The number of nitrogens with zero attached hydrogens (tertiary/aromatic N) is 1. The fourth-order valence-electron chi connectivity index (χ4n) is 4.96. The lowest BCUT2D eigenvalue weighted by Gasteiger charge is -2.24. The first-order chi connectivity index (χ1) is 15.5. The summed E-state index contributed by atoms with van der Waals surface area (Å²) < 4.78 is 5.10. The topological polar surface area (TPSA) is 133 Å². The summed E-state index contributed by atoms with van der Waals surface area (Å²) in [5.41, 5.74) is 14.9. The van der Waals surface area contributed by atoms with Gasteiger partial charge in [0.1, 0.15) is 12.6 Å². The third-order valence-corrected chi connectivity index (χ3v) is 6.27. The predicted octanol–water partition coefficient (Wildman–Crippen LogP) is 2.61. The van der Waals surface area contributed by atoms with Gasteiger partial charge in [-0.3, -0.25) is 14.5 Å². The largest absolute Gasteiger partial charge is 0.398 e. The number of nitrogens with two attached hydrogens (primary N) is 2. The van der Waals surface area contributed by atoms with Crippen molar-refractivity contribution in [2.75, 3.05) is 31.7 Å². The Morgan fingerprint density at radius 1 is 0.875 bits per heavy atom. The number of hydrogen-bond donors (Lipinski definition) is 2. The predicted molar refractivity (Wildman–Crippen MR) is 122 cm³/mol. The molecule has 4 rings (SSSR count). The number of carbonyl (C=O) groups is 4. The highest BCUT2D eigenvalue weighted by molar-refractivity contribution is 6.26. The van der Waals surface area contributed by atoms with E-state index in [2.05, 4.69) is 0 Å². The second-order valence-electron chi connectivity index (χ2n) is 7.76. The van der Waals surface area contributed by atoms with Crippen LogP contribution in [0.25, 0.3) is 21.5 Å². The minimum absolute atomic E-state index is 0.179. The number of rotatable bonds is 8. The number of hydrogen-bond acceptors (Lipinski definition) is 8. The molecule has 0 fully saturated rings. The number of nitrogen functional groups attached to an aromatic ring is 2. The highest BCUT2D eigenvalue weighted by Crippen LogP contribution is 2.51. The average molecular weight is 433 g/mol. The third-order valence-electron chi connectivity index (χ3n) is 6.27. The Kier molecular flexibility index (Phi) is 5.73. The summed E-state index contributed by atoms with van der Waals surface area (Å²) in [7, 11) is 1.57. The smallest absolute Gasteiger partial charge is 0.151 e. The molecule has 2 unspecified atom stereocenters. The molecule has 4 N–H and O–H groups in total. The molecule has 0 amide bonds. The molecule has 32 heavy (non-hydrogen) atoms. The maximum absolute atomic E-state index is 12.2. The van der Waals surface area contributed by atoms with E-state index in [1.165, 1.54) is 0 Å². The molecule has 8 nitrogen and oxygen atoms in total. The Hall–Kier alpha value is -3.62. The molecule has 1 aliphatic rings. The number of carbonyl (C=O) groups excluding carboxylic acids is 4. The monoisotopic (exact) mass is 433 g/mol. The molecule has 1 heterocycles. The molecule has 2 atom stereocenters. The zero-order valence-electron chi connectivity index (χ0n) is 17.5. The zero-order chi connectivity index (χ0) is 23.0. The highest BCUT2D eigenvalue weighted by Gasteiger charge is 2.42. The van der Waals surface area contributed by atoms with Crippen molar-refractivity contribution in [1.29, 1.82) is 0 Å². The summed E-state index contributed by atoms with van der Waals surface area (Å²) in [5.74, 6) is 0. The van der Waals surface area contributed by atoms with Crippen molar-refractivity contribution in [3.8, 4) is 0 Å². The Morgan fingerprint density at radius 2 is 1.34 bits per heavy atom. The van der Waals surface area contributed by atoms with E-state index in [9.17, 15) is 19.2 Å². The Morgan fingerprint density at radius 3 is 1.72 bits per heavy atom. The standard InChI is InChI=1S/C24H23N3O5/c1-32-8-4-7-27-17(11-30)21-22(18(27)12-31)24(26)20-16(10-29)14-6-3-2-5-13(14)15(9-28)19(20)23(21)25/h2-3,5-6,9-12,17-18H,4,7-8,25-26H2,1H3. The van der Waals surface area contributed by atoms with Crippen molar-refractivity contribution in [3.63, 3.8) is 0 Å². The van der Waals surface area contributed by atoms with Gasteiger partial charge in [-0.15, -0.1) is 0 Å². The van der Waals surface area contributed by atoms with Gasteiger partial charge in [-0.1, -0.05) is 24.3 Å².